The lowest BCUT2D eigenvalue weighted by Crippen LogP contribution is -2.23. The molecule has 0 radical (unpaired) electrons. The normalized spacial score (nSPS) is 16.2. The van der Waals surface area contributed by atoms with Gasteiger partial charge in [-0.2, -0.15) is 0 Å². The van der Waals surface area contributed by atoms with Gasteiger partial charge in [0.25, 0.3) is 5.91 Å². The highest BCUT2D eigenvalue weighted by atomic mass is 32.2. The van der Waals surface area contributed by atoms with Gasteiger partial charge in [0, 0.05) is 12.6 Å². The van der Waals surface area contributed by atoms with E-state index in [1.807, 2.05) is 30.3 Å². The van der Waals surface area contributed by atoms with Crippen LogP contribution in [0.4, 0.5) is 5.69 Å². The summed E-state index contributed by atoms with van der Waals surface area (Å²) in [6, 6.07) is 15.8. The molecule has 1 amide bonds. The molecule has 0 atom stereocenters. The van der Waals surface area contributed by atoms with Crippen LogP contribution in [0.5, 0.6) is 11.5 Å². The first kappa shape index (κ1) is 21.5. The molecule has 0 bridgehead atoms. The number of rotatable bonds is 5. The molecule has 8 heteroatoms. The van der Waals surface area contributed by atoms with Gasteiger partial charge in [0.1, 0.15) is 11.5 Å². The van der Waals surface area contributed by atoms with Crippen LogP contribution >= 0.6 is 11.8 Å². The number of aliphatic imine (C=N–C) groups is 1. The second kappa shape index (κ2) is 8.76. The minimum atomic E-state index is -1.03. The Morgan fingerprint density at radius 3 is 2.59 bits per heavy atom. The van der Waals surface area contributed by atoms with Crippen molar-refractivity contribution in [3.63, 3.8) is 0 Å². The number of benzene rings is 3. The highest BCUT2D eigenvalue weighted by Gasteiger charge is 2.31. The smallest absolute Gasteiger partial charge is 0.335 e. The molecule has 1 N–H and O–H groups in total. The Labute approximate surface area is 189 Å². The SMILES string of the molecule is COc1ccc2ccc(OC)c(C=C3SC(=Nc4cccc(C(=O)O)c4)N(C)C3=O)c2c1. The summed E-state index contributed by atoms with van der Waals surface area (Å²) in [5.74, 6) is 0.0991. The molecule has 0 unspecified atom stereocenters. The van der Waals surface area contributed by atoms with E-state index in [9.17, 15) is 14.7 Å². The fourth-order valence-electron chi connectivity index (χ4n) is 3.36. The summed E-state index contributed by atoms with van der Waals surface area (Å²) < 4.78 is 10.9. The zero-order valence-electron chi connectivity index (χ0n) is 17.7. The largest absolute Gasteiger partial charge is 0.497 e. The molecule has 1 aliphatic heterocycles. The van der Waals surface area contributed by atoms with E-state index in [0.29, 0.717) is 27.3 Å². The minimum absolute atomic E-state index is 0.133. The van der Waals surface area contributed by atoms with Crippen molar-refractivity contribution >= 4 is 51.3 Å². The molecule has 1 heterocycles. The Morgan fingerprint density at radius 2 is 1.88 bits per heavy atom. The molecule has 0 aromatic heterocycles. The van der Waals surface area contributed by atoms with Crippen LogP contribution in [-0.2, 0) is 4.79 Å². The third-order valence-electron chi connectivity index (χ3n) is 5.05. The monoisotopic (exact) mass is 448 g/mol. The number of amides is 1. The Bertz CT molecular complexity index is 1290. The molecule has 0 spiro atoms. The van der Waals surface area contributed by atoms with Crippen LogP contribution in [0, 0.1) is 0 Å². The average molecular weight is 449 g/mol. The minimum Gasteiger partial charge on any atom is -0.497 e. The fourth-order valence-corrected chi connectivity index (χ4v) is 4.33. The maximum Gasteiger partial charge on any atom is 0.335 e. The van der Waals surface area contributed by atoms with E-state index >= 15 is 0 Å². The van der Waals surface area contributed by atoms with Crippen molar-refractivity contribution in [3.05, 3.63) is 70.6 Å². The number of carboxylic acid groups (broad SMARTS) is 1. The quantitative estimate of drug-likeness (QED) is 0.565. The van der Waals surface area contributed by atoms with Gasteiger partial charge in [0.05, 0.1) is 30.4 Å². The van der Waals surface area contributed by atoms with Crippen molar-refractivity contribution in [2.24, 2.45) is 4.99 Å². The lowest BCUT2D eigenvalue weighted by atomic mass is 10.0. The Hall–Kier alpha value is -3.78. The van der Waals surface area contributed by atoms with Crippen molar-refractivity contribution in [3.8, 4) is 11.5 Å². The van der Waals surface area contributed by atoms with E-state index < -0.39 is 5.97 Å². The van der Waals surface area contributed by atoms with Gasteiger partial charge in [-0.25, -0.2) is 9.79 Å². The Morgan fingerprint density at radius 1 is 1.09 bits per heavy atom. The summed E-state index contributed by atoms with van der Waals surface area (Å²) in [4.78, 5) is 30.6. The first-order chi connectivity index (χ1) is 15.4. The van der Waals surface area contributed by atoms with Crippen molar-refractivity contribution in [2.45, 2.75) is 0 Å². The van der Waals surface area contributed by atoms with Crippen LogP contribution in [0.15, 0.2) is 64.5 Å². The number of thioether (sulfide) groups is 1. The first-order valence-electron chi connectivity index (χ1n) is 9.65. The highest BCUT2D eigenvalue weighted by Crippen LogP contribution is 2.38. The predicted octanol–water partition coefficient (Wildman–Crippen LogP) is 4.79. The van der Waals surface area contributed by atoms with Gasteiger partial charge in [-0.3, -0.25) is 9.69 Å². The summed E-state index contributed by atoms with van der Waals surface area (Å²) in [6.45, 7) is 0. The average Bonchev–Trinajstić information content (AvgIpc) is 3.06. The van der Waals surface area contributed by atoms with E-state index in [4.69, 9.17) is 9.47 Å². The van der Waals surface area contributed by atoms with Crippen LogP contribution in [0.3, 0.4) is 0 Å². The van der Waals surface area contributed by atoms with Gasteiger partial charge < -0.3 is 14.6 Å². The summed E-state index contributed by atoms with van der Waals surface area (Å²) >= 11 is 1.22. The van der Waals surface area contributed by atoms with Crippen molar-refractivity contribution < 1.29 is 24.2 Å². The molecule has 1 fully saturated rings. The summed E-state index contributed by atoms with van der Waals surface area (Å²) in [5, 5.41) is 11.5. The number of carboxylic acids is 1. The van der Waals surface area contributed by atoms with Crippen LogP contribution in [0.25, 0.3) is 16.8 Å². The van der Waals surface area contributed by atoms with Crippen molar-refractivity contribution in [1.82, 2.24) is 4.90 Å². The first-order valence-corrected chi connectivity index (χ1v) is 10.5. The molecule has 3 aromatic carbocycles. The zero-order chi connectivity index (χ0) is 22.8. The molecule has 1 aliphatic rings. The van der Waals surface area contributed by atoms with E-state index in [-0.39, 0.29) is 11.5 Å². The van der Waals surface area contributed by atoms with Crippen molar-refractivity contribution in [1.29, 1.82) is 0 Å². The second-order valence-electron chi connectivity index (χ2n) is 6.99. The van der Waals surface area contributed by atoms with Gasteiger partial charge in [-0.05, 0) is 65.0 Å². The molecule has 3 aromatic rings. The van der Waals surface area contributed by atoms with Gasteiger partial charge in [0.2, 0.25) is 0 Å². The van der Waals surface area contributed by atoms with E-state index in [1.54, 1.807) is 39.5 Å². The molecule has 162 valence electrons. The maximum atomic E-state index is 12.9. The van der Waals surface area contributed by atoms with E-state index in [0.717, 1.165) is 16.3 Å². The van der Waals surface area contributed by atoms with Crippen LogP contribution in [0.1, 0.15) is 15.9 Å². The Balaban J connectivity index is 1.77. The van der Waals surface area contributed by atoms with Gasteiger partial charge in [-0.15, -0.1) is 0 Å². The molecule has 1 saturated heterocycles. The summed E-state index contributed by atoms with van der Waals surface area (Å²) in [5.41, 5.74) is 1.36. The number of hydrogen-bond donors (Lipinski definition) is 1. The van der Waals surface area contributed by atoms with Gasteiger partial charge in [-0.1, -0.05) is 18.2 Å². The van der Waals surface area contributed by atoms with Gasteiger partial charge >= 0.3 is 5.97 Å². The van der Waals surface area contributed by atoms with E-state index in [1.165, 1.54) is 28.8 Å². The van der Waals surface area contributed by atoms with Crippen LogP contribution in [0.2, 0.25) is 0 Å². The molecule has 32 heavy (non-hydrogen) atoms. The number of hydrogen-bond acceptors (Lipinski definition) is 6. The lowest BCUT2D eigenvalue weighted by Gasteiger charge is -2.11. The third kappa shape index (κ3) is 4.04. The lowest BCUT2D eigenvalue weighted by molar-refractivity contribution is -0.121. The second-order valence-corrected chi connectivity index (χ2v) is 8.00. The van der Waals surface area contributed by atoms with Crippen LogP contribution < -0.4 is 9.47 Å². The number of ether oxygens (including phenoxy) is 2. The number of methoxy groups -OCH3 is 2. The zero-order valence-corrected chi connectivity index (χ0v) is 18.5. The third-order valence-corrected chi connectivity index (χ3v) is 6.11. The number of fused-ring (bicyclic) bond motifs is 1. The van der Waals surface area contributed by atoms with Crippen LogP contribution in [-0.4, -0.2) is 48.3 Å². The molecule has 0 saturated carbocycles. The van der Waals surface area contributed by atoms with Gasteiger partial charge in [0.15, 0.2) is 5.17 Å². The van der Waals surface area contributed by atoms with Crippen molar-refractivity contribution in [2.75, 3.05) is 21.3 Å². The molecule has 7 nitrogen and oxygen atoms in total. The number of aromatic carboxylic acids is 1. The number of likely N-dealkylation sites (N-methyl/N-ethyl adjacent to an activating group) is 1. The summed E-state index contributed by atoms with van der Waals surface area (Å²) in [6.07, 6.45) is 1.79. The predicted molar refractivity (Wildman–Crippen MR) is 126 cm³/mol. The molecule has 0 aliphatic carbocycles. The highest BCUT2D eigenvalue weighted by molar-refractivity contribution is 8.18. The molecular formula is C24H20N2O5S. The molecule has 4 rings (SSSR count). The fraction of sp³-hybridized carbons (Fsp3) is 0.125. The molecular weight excluding hydrogens is 428 g/mol. The number of carbonyl (C=O) groups excluding carboxylic acids is 1. The number of carbonyl (C=O) groups is 2. The topological polar surface area (TPSA) is 88.4 Å². The Kier molecular flexibility index (Phi) is 5.87. The number of amidine groups is 1. The number of nitrogens with zero attached hydrogens (tertiary/aromatic N) is 2. The standard InChI is InChI=1S/C24H20N2O5S/c1-26-22(27)21(32-24(26)25-16-6-4-5-15(11-16)23(28)29)13-19-18-12-17(30-2)9-7-14(18)8-10-20(19)31-3/h4-13H,1-3H3,(H,28,29). The van der Waals surface area contributed by atoms with E-state index in [2.05, 4.69) is 4.99 Å². The summed E-state index contributed by atoms with van der Waals surface area (Å²) in [7, 11) is 4.83. The maximum absolute atomic E-state index is 12.9.